The molecule has 24 heavy (non-hydrogen) atoms. The molecule has 2 amide bonds. The molecule has 0 aromatic rings. The molecule has 2 heterocycles. The van der Waals surface area contributed by atoms with Crippen LogP contribution >= 0.6 is 0 Å². The van der Waals surface area contributed by atoms with E-state index in [1.54, 1.807) is 0 Å². The minimum Gasteiger partial charge on any atom is -0.292 e. The minimum absolute atomic E-state index is 0.000313. The Labute approximate surface area is 138 Å². The monoisotopic (exact) mass is 371 g/mol. The van der Waals surface area contributed by atoms with Crippen LogP contribution in [0.4, 0.5) is 13.2 Å². The summed E-state index contributed by atoms with van der Waals surface area (Å²) in [6.07, 6.45) is -3.39. The summed E-state index contributed by atoms with van der Waals surface area (Å²) in [7, 11) is -3.72. The van der Waals surface area contributed by atoms with Crippen molar-refractivity contribution in [3.63, 3.8) is 0 Å². The number of piperidine rings is 1. The number of alkyl halides is 3. The molecular formula is C13H20F3N3O4S. The molecule has 0 radical (unpaired) electrons. The summed E-state index contributed by atoms with van der Waals surface area (Å²) in [5, 5.41) is 0. The van der Waals surface area contributed by atoms with Gasteiger partial charge in [0.1, 0.15) is 0 Å². The van der Waals surface area contributed by atoms with Crippen LogP contribution in [0, 0.1) is 0 Å². The van der Waals surface area contributed by atoms with Crippen molar-refractivity contribution in [3.05, 3.63) is 0 Å². The van der Waals surface area contributed by atoms with E-state index in [1.807, 2.05) is 0 Å². The molecular weight excluding hydrogens is 351 g/mol. The van der Waals surface area contributed by atoms with Gasteiger partial charge in [-0.3, -0.25) is 19.4 Å². The Balaban J connectivity index is 1.85. The van der Waals surface area contributed by atoms with Crippen LogP contribution in [0.1, 0.15) is 19.3 Å². The van der Waals surface area contributed by atoms with E-state index in [-0.39, 0.29) is 57.4 Å². The number of likely N-dealkylation sites (tertiary alicyclic amines) is 1. The first-order valence-corrected chi connectivity index (χ1v) is 9.29. The number of rotatable bonds is 5. The summed E-state index contributed by atoms with van der Waals surface area (Å²) in [6, 6.07) is 0. The van der Waals surface area contributed by atoms with Crippen molar-refractivity contribution in [3.8, 4) is 0 Å². The second-order valence-corrected chi connectivity index (χ2v) is 7.99. The molecule has 0 atom stereocenters. The SMILES string of the molecule is O=C1CCCC(=O)N1CCS(=O)(=O)N1CCN(CC(F)(F)F)CC1. The molecule has 0 aromatic heterocycles. The van der Waals surface area contributed by atoms with E-state index >= 15 is 0 Å². The van der Waals surface area contributed by atoms with E-state index in [1.165, 1.54) is 0 Å². The first-order chi connectivity index (χ1) is 11.1. The van der Waals surface area contributed by atoms with Gasteiger partial charge in [-0.25, -0.2) is 8.42 Å². The van der Waals surface area contributed by atoms with E-state index in [0.29, 0.717) is 6.42 Å². The number of piperazine rings is 1. The van der Waals surface area contributed by atoms with E-state index in [4.69, 9.17) is 0 Å². The maximum Gasteiger partial charge on any atom is 0.401 e. The standard InChI is InChI=1S/C13H20F3N3O4S/c14-13(15,16)10-17-4-6-18(7-5-17)24(22,23)9-8-19-11(20)2-1-3-12(19)21/h1-10H2. The lowest BCUT2D eigenvalue weighted by Crippen LogP contribution is -2.52. The lowest BCUT2D eigenvalue weighted by atomic mass is 10.1. The Bertz CT molecular complexity index is 570. The molecule has 0 aliphatic carbocycles. The number of imide groups is 1. The van der Waals surface area contributed by atoms with Crippen LogP contribution in [-0.4, -0.2) is 85.5 Å². The summed E-state index contributed by atoms with van der Waals surface area (Å²) < 4.78 is 62.6. The second kappa shape index (κ2) is 7.36. The number of carbonyl (C=O) groups is 2. The average molecular weight is 371 g/mol. The summed E-state index contributed by atoms with van der Waals surface area (Å²) in [5.41, 5.74) is 0. The molecule has 138 valence electrons. The highest BCUT2D eigenvalue weighted by Gasteiger charge is 2.35. The van der Waals surface area contributed by atoms with Gasteiger partial charge in [-0.2, -0.15) is 17.5 Å². The molecule has 2 aliphatic rings. The van der Waals surface area contributed by atoms with Gasteiger partial charge in [-0.05, 0) is 6.42 Å². The summed E-state index contributed by atoms with van der Waals surface area (Å²) in [4.78, 5) is 25.4. The van der Waals surface area contributed by atoms with Gasteiger partial charge in [0.25, 0.3) is 0 Å². The van der Waals surface area contributed by atoms with Crippen molar-refractivity contribution in [2.24, 2.45) is 0 Å². The number of hydrogen-bond acceptors (Lipinski definition) is 5. The normalized spacial score (nSPS) is 22.2. The number of amides is 2. The fourth-order valence-corrected chi connectivity index (χ4v) is 4.20. The number of halogens is 3. The Morgan fingerprint density at radius 3 is 2.00 bits per heavy atom. The molecule has 0 aromatic carbocycles. The predicted molar refractivity (Wildman–Crippen MR) is 78.4 cm³/mol. The van der Waals surface area contributed by atoms with Crippen LogP contribution in [0.3, 0.4) is 0 Å². The molecule has 0 spiro atoms. The van der Waals surface area contributed by atoms with Gasteiger partial charge < -0.3 is 0 Å². The van der Waals surface area contributed by atoms with Crippen LogP contribution in [0.25, 0.3) is 0 Å². The maximum atomic E-state index is 12.3. The van der Waals surface area contributed by atoms with Crippen LogP contribution in [0.2, 0.25) is 0 Å². The highest BCUT2D eigenvalue weighted by Crippen LogP contribution is 2.19. The molecule has 0 bridgehead atoms. The highest BCUT2D eigenvalue weighted by atomic mass is 32.2. The van der Waals surface area contributed by atoms with E-state index in [0.717, 1.165) is 14.1 Å². The summed E-state index contributed by atoms with van der Waals surface area (Å²) in [6.45, 7) is -1.32. The zero-order valence-corrected chi connectivity index (χ0v) is 13.9. The smallest absolute Gasteiger partial charge is 0.292 e. The second-order valence-electron chi connectivity index (χ2n) is 5.90. The first-order valence-electron chi connectivity index (χ1n) is 7.69. The van der Waals surface area contributed by atoms with Gasteiger partial charge in [0.15, 0.2) is 0 Å². The number of hydrogen-bond donors (Lipinski definition) is 0. The number of nitrogens with zero attached hydrogens (tertiary/aromatic N) is 3. The van der Waals surface area contributed by atoms with Crippen molar-refractivity contribution in [1.29, 1.82) is 0 Å². The molecule has 0 unspecified atom stereocenters. The molecule has 11 heteroatoms. The van der Waals surface area contributed by atoms with Crippen molar-refractivity contribution < 1.29 is 31.2 Å². The fraction of sp³-hybridized carbons (Fsp3) is 0.846. The molecule has 0 N–H and O–H groups in total. The highest BCUT2D eigenvalue weighted by molar-refractivity contribution is 7.89. The Morgan fingerprint density at radius 2 is 1.50 bits per heavy atom. The van der Waals surface area contributed by atoms with E-state index < -0.39 is 28.5 Å². The van der Waals surface area contributed by atoms with Crippen molar-refractivity contribution in [2.45, 2.75) is 25.4 Å². The minimum atomic E-state index is -4.31. The predicted octanol–water partition coefficient (Wildman–Crippen LogP) is 0.0352. The van der Waals surface area contributed by atoms with Gasteiger partial charge >= 0.3 is 6.18 Å². The van der Waals surface area contributed by atoms with E-state index in [2.05, 4.69) is 0 Å². The average Bonchev–Trinajstić information content (AvgIpc) is 2.45. The maximum absolute atomic E-state index is 12.3. The zero-order chi connectivity index (χ0) is 18.0. The van der Waals surface area contributed by atoms with Gasteiger partial charge in [-0.1, -0.05) is 0 Å². The lowest BCUT2D eigenvalue weighted by molar-refractivity contribution is -0.148. The number of carbonyl (C=O) groups excluding carboxylic acids is 2. The molecule has 2 saturated heterocycles. The van der Waals surface area contributed by atoms with E-state index in [9.17, 15) is 31.2 Å². The molecule has 7 nitrogen and oxygen atoms in total. The topological polar surface area (TPSA) is 78.0 Å². The Morgan fingerprint density at radius 1 is 0.958 bits per heavy atom. The largest absolute Gasteiger partial charge is 0.401 e. The van der Waals surface area contributed by atoms with Crippen molar-refractivity contribution in [1.82, 2.24) is 14.1 Å². The summed E-state index contributed by atoms with van der Waals surface area (Å²) in [5.74, 6) is -1.16. The first kappa shape index (κ1) is 19.1. The number of sulfonamides is 1. The van der Waals surface area contributed by atoms with Crippen LogP contribution in [0.5, 0.6) is 0 Å². The third-order valence-corrected chi connectivity index (χ3v) is 5.93. The molecule has 2 aliphatic heterocycles. The Hall–Kier alpha value is -1.20. The van der Waals surface area contributed by atoms with Gasteiger partial charge in [0.05, 0.1) is 12.3 Å². The van der Waals surface area contributed by atoms with Crippen LogP contribution in [0.15, 0.2) is 0 Å². The molecule has 2 fully saturated rings. The quantitative estimate of drug-likeness (QED) is 0.638. The van der Waals surface area contributed by atoms with Gasteiger partial charge in [0, 0.05) is 45.6 Å². The van der Waals surface area contributed by atoms with Gasteiger partial charge in [0.2, 0.25) is 21.8 Å². The molecule has 0 saturated carbocycles. The van der Waals surface area contributed by atoms with Crippen molar-refractivity contribution in [2.75, 3.05) is 45.0 Å². The van der Waals surface area contributed by atoms with Crippen LogP contribution in [-0.2, 0) is 19.6 Å². The zero-order valence-electron chi connectivity index (χ0n) is 13.1. The lowest BCUT2D eigenvalue weighted by Gasteiger charge is -2.34. The van der Waals surface area contributed by atoms with Crippen LogP contribution < -0.4 is 0 Å². The third-order valence-electron chi connectivity index (χ3n) is 4.08. The Kier molecular flexibility index (Phi) is 5.87. The summed E-state index contributed by atoms with van der Waals surface area (Å²) >= 11 is 0. The van der Waals surface area contributed by atoms with Gasteiger partial charge in [-0.15, -0.1) is 0 Å². The third kappa shape index (κ3) is 5.15. The van der Waals surface area contributed by atoms with Crippen molar-refractivity contribution >= 4 is 21.8 Å². The molecule has 2 rings (SSSR count). The fourth-order valence-electron chi connectivity index (χ4n) is 2.80.